The molecule has 0 bridgehead atoms. The average molecular weight is 331 g/mol. The Hall–Kier alpha value is -1.80. The Bertz CT molecular complexity index is 785. The average Bonchev–Trinajstić information content (AvgIpc) is 3.17. The summed E-state index contributed by atoms with van der Waals surface area (Å²) in [7, 11) is 0. The highest BCUT2D eigenvalue weighted by Crippen LogP contribution is 2.29. The molecule has 104 valence electrons. The van der Waals surface area contributed by atoms with Crippen LogP contribution in [0.4, 0.5) is 5.69 Å². The summed E-state index contributed by atoms with van der Waals surface area (Å²) in [6.45, 7) is 0.739. The lowest BCUT2D eigenvalue weighted by atomic mass is 10.2. The molecule has 0 saturated carbocycles. The molecule has 3 aromatic rings. The van der Waals surface area contributed by atoms with E-state index in [9.17, 15) is 0 Å². The molecule has 1 N–H and O–H groups in total. The molecule has 0 atom stereocenters. The third kappa shape index (κ3) is 3.27. The molecule has 0 fully saturated rings. The van der Waals surface area contributed by atoms with Gasteiger partial charge in [-0.25, -0.2) is 0 Å². The summed E-state index contributed by atoms with van der Waals surface area (Å²) in [4.78, 5) is 2.54. The van der Waals surface area contributed by atoms with Gasteiger partial charge < -0.3 is 5.32 Å². The van der Waals surface area contributed by atoms with E-state index >= 15 is 0 Å². The maximum Gasteiger partial charge on any atom is 0.101 e. The molecule has 1 aromatic carbocycles. The molecule has 0 aliphatic heterocycles. The van der Waals surface area contributed by atoms with E-state index in [0.29, 0.717) is 10.6 Å². The zero-order valence-electron chi connectivity index (χ0n) is 11.0. The van der Waals surface area contributed by atoms with E-state index in [1.54, 1.807) is 34.8 Å². The van der Waals surface area contributed by atoms with Gasteiger partial charge in [-0.05, 0) is 41.1 Å². The van der Waals surface area contributed by atoms with Gasteiger partial charge >= 0.3 is 0 Å². The van der Waals surface area contributed by atoms with Crippen LogP contribution in [-0.2, 0) is 6.54 Å². The van der Waals surface area contributed by atoms with Crippen molar-refractivity contribution in [1.82, 2.24) is 0 Å². The number of nitrogens with zero attached hydrogens (tertiary/aromatic N) is 1. The molecular weight excluding hydrogens is 320 g/mol. The van der Waals surface area contributed by atoms with Crippen LogP contribution in [0.25, 0.3) is 10.4 Å². The monoisotopic (exact) mass is 330 g/mol. The molecule has 2 aromatic heterocycles. The normalized spacial score (nSPS) is 10.3. The van der Waals surface area contributed by atoms with Crippen molar-refractivity contribution in [2.45, 2.75) is 6.54 Å². The number of benzene rings is 1. The first-order valence-electron chi connectivity index (χ1n) is 6.31. The molecule has 2 heterocycles. The molecule has 21 heavy (non-hydrogen) atoms. The van der Waals surface area contributed by atoms with Crippen molar-refractivity contribution in [3.05, 3.63) is 62.6 Å². The van der Waals surface area contributed by atoms with Crippen LogP contribution in [0, 0.1) is 11.3 Å². The summed E-state index contributed by atoms with van der Waals surface area (Å²) < 4.78 is 0. The lowest BCUT2D eigenvalue weighted by molar-refractivity contribution is 1.19. The van der Waals surface area contributed by atoms with Crippen LogP contribution < -0.4 is 5.32 Å². The second kappa shape index (κ2) is 6.31. The zero-order valence-corrected chi connectivity index (χ0v) is 13.4. The number of hydrogen-bond acceptors (Lipinski definition) is 4. The van der Waals surface area contributed by atoms with Gasteiger partial charge in [0.1, 0.15) is 6.07 Å². The summed E-state index contributed by atoms with van der Waals surface area (Å²) in [5, 5.41) is 17.0. The SMILES string of the molecule is N#Cc1cc(NCc2cc(-c3cccs3)cs2)ccc1Cl. The molecular formula is C16H11ClN2S2. The van der Waals surface area contributed by atoms with E-state index in [-0.39, 0.29) is 0 Å². The molecule has 0 aliphatic carbocycles. The van der Waals surface area contributed by atoms with Crippen LogP contribution in [0.3, 0.4) is 0 Å². The Morgan fingerprint density at radius 2 is 2.10 bits per heavy atom. The summed E-state index contributed by atoms with van der Waals surface area (Å²) in [5.74, 6) is 0. The molecule has 0 unspecified atom stereocenters. The number of halogens is 1. The van der Waals surface area contributed by atoms with Gasteiger partial charge in [0.15, 0.2) is 0 Å². The molecule has 2 nitrogen and oxygen atoms in total. The number of anilines is 1. The highest BCUT2D eigenvalue weighted by Gasteiger charge is 2.05. The molecule has 3 rings (SSSR count). The molecule has 0 spiro atoms. The van der Waals surface area contributed by atoms with Gasteiger partial charge in [0.25, 0.3) is 0 Å². The quantitative estimate of drug-likeness (QED) is 0.674. The first kappa shape index (κ1) is 14.2. The highest BCUT2D eigenvalue weighted by molar-refractivity contribution is 7.14. The summed E-state index contributed by atoms with van der Waals surface area (Å²) in [5.41, 5.74) is 2.66. The van der Waals surface area contributed by atoms with Gasteiger partial charge in [-0.2, -0.15) is 5.26 Å². The zero-order chi connectivity index (χ0) is 14.7. The number of nitriles is 1. The van der Waals surface area contributed by atoms with E-state index in [1.807, 2.05) is 6.07 Å². The van der Waals surface area contributed by atoms with Gasteiger partial charge in [-0.3, -0.25) is 0 Å². The standard InChI is InChI=1S/C16H11ClN2S2/c17-15-4-3-13(6-11(15)8-18)19-9-14-7-12(10-21-14)16-2-1-5-20-16/h1-7,10,19H,9H2. The van der Waals surface area contributed by atoms with Crippen molar-refractivity contribution in [3.63, 3.8) is 0 Å². The molecule has 0 amide bonds. The second-order valence-electron chi connectivity index (χ2n) is 4.44. The third-order valence-electron chi connectivity index (χ3n) is 3.01. The van der Waals surface area contributed by atoms with Gasteiger partial charge in [-0.1, -0.05) is 17.7 Å². The number of hydrogen-bond donors (Lipinski definition) is 1. The van der Waals surface area contributed by atoms with E-state index in [1.165, 1.54) is 15.3 Å². The first-order chi connectivity index (χ1) is 10.3. The van der Waals surface area contributed by atoms with Gasteiger partial charge in [0.2, 0.25) is 0 Å². The van der Waals surface area contributed by atoms with E-state index in [0.717, 1.165) is 12.2 Å². The largest absolute Gasteiger partial charge is 0.380 e. The van der Waals surface area contributed by atoms with Crippen molar-refractivity contribution in [2.75, 3.05) is 5.32 Å². The van der Waals surface area contributed by atoms with Crippen LogP contribution in [0.5, 0.6) is 0 Å². The first-order valence-corrected chi connectivity index (χ1v) is 8.45. The Morgan fingerprint density at radius 3 is 2.86 bits per heavy atom. The smallest absolute Gasteiger partial charge is 0.101 e. The number of rotatable bonds is 4. The maximum absolute atomic E-state index is 8.98. The Kier molecular flexibility index (Phi) is 4.26. The van der Waals surface area contributed by atoms with Gasteiger partial charge in [0.05, 0.1) is 10.6 Å². The minimum atomic E-state index is 0.485. The summed E-state index contributed by atoms with van der Waals surface area (Å²) >= 11 is 9.41. The topological polar surface area (TPSA) is 35.8 Å². The minimum absolute atomic E-state index is 0.485. The van der Waals surface area contributed by atoms with Crippen LogP contribution in [0.2, 0.25) is 5.02 Å². The Morgan fingerprint density at radius 1 is 1.19 bits per heavy atom. The predicted molar refractivity (Wildman–Crippen MR) is 91.1 cm³/mol. The van der Waals surface area contributed by atoms with Gasteiger partial charge in [-0.15, -0.1) is 22.7 Å². The lowest BCUT2D eigenvalue weighted by Crippen LogP contribution is -1.97. The van der Waals surface area contributed by atoms with Crippen LogP contribution >= 0.6 is 34.3 Å². The fourth-order valence-corrected chi connectivity index (χ4v) is 3.73. The minimum Gasteiger partial charge on any atom is -0.380 e. The fourth-order valence-electron chi connectivity index (χ4n) is 1.96. The number of nitrogens with one attached hydrogen (secondary N) is 1. The van der Waals surface area contributed by atoms with Crippen molar-refractivity contribution >= 4 is 40.0 Å². The van der Waals surface area contributed by atoms with Crippen molar-refractivity contribution < 1.29 is 0 Å². The second-order valence-corrected chi connectivity index (χ2v) is 6.79. The van der Waals surface area contributed by atoms with Crippen molar-refractivity contribution in [2.24, 2.45) is 0 Å². The lowest BCUT2D eigenvalue weighted by Gasteiger charge is -2.05. The Labute approximate surface area is 136 Å². The molecule has 0 radical (unpaired) electrons. The van der Waals surface area contributed by atoms with E-state index < -0.39 is 0 Å². The molecule has 0 aliphatic rings. The molecule has 0 saturated heterocycles. The van der Waals surface area contributed by atoms with Crippen LogP contribution in [0.1, 0.15) is 10.4 Å². The predicted octanol–water partition coefficient (Wildman–Crippen LogP) is 5.61. The van der Waals surface area contributed by atoms with Crippen molar-refractivity contribution in [3.8, 4) is 16.5 Å². The number of thiophene rings is 2. The Balaban J connectivity index is 1.70. The van der Waals surface area contributed by atoms with Gasteiger partial charge in [0, 0.05) is 27.5 Å². The van der Waals surface area contributed by atoms with Crippen LogP contribution in [-0.4, -0.2) is 0 Å². The molecule has 5 heteroatoms. The third-order valence-corrected chi connectivity index (χ3v) is 5.20. The fraction of sp³-hybridized carbons (Fsp3) is 0.0625. The van der Waals surface area contributed by atoms with Crippen LogP contribution in [0.15, 0.2) is 47.2 Å². The summed E-state index contributed by atoms with van der Waals surface area (Å²) in [6.07, 6.45) is 0. The maximum atomic E-state index is 8.98. The van der Waals surface area contributed by atoms with E-state index in [2.05, 4.69) is 40.3 Å². The summed E-state index contributed by atoms with van der Waals surface area (Å²) in [6, 6.07) is 13.9. The van der Waals surface area contributed by atoms with E-state index in [4.69, 9.17) is 16.9 Å². The highest BCUT2D eigenvalue weighted by atomic mass is 35.5. The van der Waals surface area contributed by atoms with Crippen molar-refractivity contribution in [1.29, 1.82) is 5.26 Å².